The normalized spacial score (nSPS) is 12.9. The number of nitrogens with zero attached hydrogens (tertiary/aromatic N) is 3. The Labute approximate surface area is 122 Å². The Morgan fingerprint density at radius 1 is 1.53 bits per heavy atom. The third-order valence-corrected chi connectivity index (χ3v) is 4.67. The van der Waals surface area contributed by atoms with Crippen LogP contribution in [0.5, 0.6) is 0 Å². The van der Waals surface area contributed by atoms with Crippen LogP contribution in [0.25, 0.3) is 0 Å². The molecule has 0 aliphatic rings. The molecular weight excluding hydrogens is 280 g/mol. The van der Waals surface area contributed by atoms with Gasteiger partial charge in [-0.3, -0.25) is 4.68 Å². The lowest BCUT2D eigenvalue weighted by atomic mass is 10.3. The zero-order valence-electron chi connectivity index (χ0n) is 11.7. The van der Waals surface area contributed by atoms with E-state index in [0.29, 0.717) is 6.54 Å². The Balaban J connectivity index is 2.04. The number of hydrogen-bond donors (Lipinski definition) is 1. The predicted molar refractivity (Wildman–Crippen MR) is 79.7 cm³/mol. The lowest BCUT2D eigenvalue weighted by molar-refractivity contribution is 0.545. The minimum absolute atomic E-state index is 0.217. The van der Waals surface area contributed by atoms with E-state index in [9.17, 15) is 0 Å². The third-order valence-electron chi connectivity index (χ3n) is 3.09. The van der Waals surface area contributed by atoms with Crippen LogP contribution in [0.15, 0.2) is 5.38 Å². The first kappa shape index (κ1) is 14.5. The maximum atomic E-state index is 6.33. The summed E-state index contributed by atoms with van der Waals surface area (Å²) in [4.78, 5) is 4.49. The molecule has 0 aromatic carbocycles. The topological polar surface area (TPSA) is 42.7 Å². The van der Waals surface area contributed by atoms with Crippen LogP contribution in [0, 0.1) is 6.92 Å². The zero-order valence-corrected chi connectivity index (χ0v) is 13.3. The van der Waals surface area contributed by atoms with Crippen molar-refractivity contribution in [3.05, 3.63) is 32.5 Å². The first-order chi connectivity index (χ1) is 9.02. The predicted octanol–water partition coefficient (Wildman–Crippen LogP) is 3.25. The molecule has 0 bridgehead atoms. The minimum atomic E-state index is 0.217. The average Bonchev–Trinajstić information content (AvgIpc) is 2.92. The highest BCUT2D eigenvalue weighted by Crippen LogP contribution is 2.22. The van der Waals surface area contributed by atoms with Crippen LogP contribution >= 0.6 is 22.9 Å². The third kappa shape index (κ3) is 3.16. The molecule has 0 radical (unpaired) electrons. The second-order valence-electron chi connectivity index (χ2n) is 4.61. The van der Waals surface area contributed by atoms with Crippen LogP contribution in [-0.2, 0) is 20.0 Å². The second-order valence-corrected chi connectivity index (χ2v) is 5.88. The van der Waals surface area contributed by atoms with Crippen molar-refractivity contribution in [2.45, 2.75) is 39.8 Å². The van der Waals surface area contributed by atoms with E-state index < -0.39 is 0 Å². The van der Waals surface area contributed by atoms with Gasteiger partial charge in [0.25, 0.3) is 0 Å². The molecule has 2 rings (SSSR count). The Kier molecular flexibility index (Phi) is 4.60. The van der Waals surface area contributed by atoms with E-state index >= 15 is 0 Å². The smallest absolute Gasteiger partial charge is 0.110 e. The molecule has 0 saturated carbocycles. The fourth-order valence-corrected chi connectivity index (χ4v) is 3.11. The lowest BCUT2D eigenvalue weighted by Gasteiger charge is -2.11. The molecule has 104 valence electrons. The highest BCUT2D eigenvalue weighted by atomic mass is 35.5. The van der Waals surface area contributed by atoms with Gasteiger partial charge >= 0.3 is 0 Å². The molecule has 0 saturated heterocycles. The van der Waals surface area contributed by atoms with Crippen LogP contribution in [0.1, 0.15) is 42.0 Å². The van der Waals surface area contributed by atoms with Crippen molar-refractivity contribution in [1.29, 1.82) is 0 Å². The van der Waals surface area contributed by atoms with Gasteiger partial charge in [-0.05, 0) is 20.3 Å². The van der Waals surface area contributed by atoms with Gasteiger partial charge in [-0.25, -0.2) is 4.98 Å². The van der Waals surface area contributed by atoms with Gasteiger partial charge in [0.1, 0.15) is 5.01 Å². The summed E-state index contributed by atoms with van der Waals surface area (Å²) in [5.74, 6) is 0. The first-order valence-electron chi connectivity index (χ1n) is 6.38. The number of aromatic nitrogens is 3. The largest absolute Gasteiger partial charge is 0.302 e. The van der Waals surface area contributed by atoms with Crippen LogP contribution < -0.4 is 5.32 Å². The number of hydrogen-bond acceptors (Lipinski definition) is 4. The summed E-state index contributed by atoms with van der Waals surface area (Å²) in [5.41, 5.74) is 3.05. The number of aryl methyl sites for hydroxylation is 3. The Morgan fingerprint density at radius 3 is 2.79 bits per heavy atom. The summed E-state index contributed by atoms with van der Waals surface area (Å²) in [5, 5.41) is 11.8. The van der Waals surface area contributed by atoms with Gasteiger partial charge < -0.3 is 5.32 Å². The highest BCUT2D eigenvalue weighted by Gasteiger charge is 2.15. The van der Waals surface area contributed by atoms with E-state index in [1.54, 1.807) is 11.3 Å². The molecule has 6 heteroatoms. The van der Waals surface area contributed by atoms with Crippen LogP contribution in [0.4, 0.5) is 0 Å². The van der Waals surface area contributed by atoms with E-state index in [1.165, 1.54) is 0 Å². The van der Waals surface area contributed by atoms with Gasteiger partial charge in [0, 0.05) is 24.7 Å². The quantitative estimate of drug-likeness (QED) is 0.921. The first-order valence-corrected chi connectivity index (χ1v) is 7.64. The van der Waals surface area contributed by atoms with Gasteiger partial charge in [-0.1, -0.05) is 18.5 Å². The summed E-state index contributed by atoms with van der Waals surface area (Å²) in [7, 11) is 1.93. The standard InChI is InChI=1S/C13H19ClN4S/c1-5-10-12(14)11(18(4)17-10)6-15-9(3)13-16-8(2)7-19-13/h7,9,15H,5-6H2,1-4H3. The molecule has 0 spiro atoms. The van der Waals surface area contributed by atoms with E-state index in [-0.39, 0.29) is 6.04 Å². The minimum Gasteiger partial charge on any atom is -0.302 e. The van der Waals surface area contributed by atoms with Gasteiger partial charge in [0.2, 0.25) is 0 Å². The van der Waals surface area contributed by atoms with E-state index in [0.717, 1.165) is 33.5 Å². The maximum absolute atomic E-state index is 6.33. The lowest BCUT2D eigenvalue weighted by Crippen LogP contribution is -2.20. The number of thiazole rings is 1. The molecule has 2 aromatic heterocycles. The summed E-state index contributed by atoms with van der Waals surface area (Å²) in [6, 6.07) is 0.217. The van der Waals surface area contributed by atoms with Crippen molar-refractivity contribution in [1.82, 2.24) is 20.1 Å². The van der Waals surface area contributed by atoms with Gasteiger partial charge in [0.05, 0.1) is 22.5 Å². The monoisotopic (exact) mass is 298 g/mol. The summed E-state index contributed by atoms with van der Waals surface area (Å²) in [6.45, 7) is 6.88. The van der Waals surface area contributed by atoms with Crippen molar-refractivity contribution in [3.8, 4) is 0 Å². The van der Waals surface area contributed by atoms with Gasteiger partial charge in [-0.15, -0.1) is 11.3 Å². The van der Waals surface area contributed by atoms with Crippen molar-refractivity contribution in [2.75, 3.05) is 0 Å². The number of rotatable bonds is 5. The second kappa shape index (κ2) is 6.03. The van der Waals surface area contributed by atoms with Crippen molar-refractivity contribution < 1.29 is 0 Å². The fourth-order valence-electron chi connectivity index (χ4n) is 1.92. The molecule has 0 amide bonds. The molecular formula is C13H19ClN4S. The molecule has 1 N–H and O–H groups in total. The molecule has 19 heavy (non-hydrogen) atoms. The average molecular weight is 299 g/mol. The molecule has 2 aromatic rings. The van der Waals surface area contributed by atoms with Gasteiger partial charge in [-0.2, -0.15) is 5.10 Å². The van der Waals surface area contributed by atoms with Crippen molar-refractivity contribution in [2.24, 2.45) is 7.05 Å². The Morgan fingerprint density at radius 2 is 2.26 bits per heavy atom. The SMILES string of the molecule is CCc1nn(C)c(CNC(C)c2nc(C)cs2)c1Cl. The number of halogens is 1. The van der Waals surface area contributed by atoms with E-state index in [2.05, 4.69) is 34.6 Å². The van der Waals surface area contributed by atoms with Crippen LogP contribution in [0.3, 0.4) is 0 Å². The van der Waals surface area contributed by atoms with E-state index in [1.807, 2.05) is 18.7 Å². The van der Waals surface area contributed by atoms with Gasteiger partial charge in [0.15, 0.2) is 0 Å². The molecule has 4 nitrogen and oxygen atoms in total. The molecule has 1 unspecified atom stereocenters. The molecule has 1 atom stereocenters. The molecule has 0 aliphatic heterocycles. The Hall–Kier alpha value is -0.910. The number of nitrogens with one attached hydrogen (secondary N) is 1. The fraction of sp³-hybridized carbons (Fsp3) is 0.538. The highest BCUT2D eigenvalue weighted by molar-refractivity contribution is 7.09. The molecule has 0 fully saturated rings. The van der Waals surface area contributed by atoms with Crippen molar-refractivity contribution in [3.63, 3.8) is 0 Å². The summed E-state index contributed by atoms with van der Waals surface area (Å²) in [6.07, 6.45) is 0.855. The summed E-state index contributed by atoms with van der Waals surface area (Å²) < 4.78 is 1.86. The Bertz CT molecular complexity index is 561. The van der Waals surface area contributed by atoms with Crippen molar-refractivity contribution >= 4 is 22.9 Å². The summed E-state index contributed by atoms with van der Waals surface area (Å²) >= 11 is 8.01. The van der Waals surface area contributed by atoms with Crippen LogP contribution in [-0.4, -0.2) is 14.8 Å². The zero-order chi connectivity index (χ0) is 14.0. The molecule has 0 aliphatic carbocycles. The molecule has 2 heterocycles. The maximum Gasteiger partial charge on any atom is 0.110 e. The van der Waals surface area contributed by atoms with Crippen LogP contribution in [0.2, 0.25) is 5.02 Å². The van der Waals surface area contributed by atoms with E-state index in [4.69, 9.17) is 11.6 Å².